The molecule has 1 N–H and O–H groups in total. The molecule has 0 aliphatic rings. The third-order valence-electron chi connectivity index (χ3n) is 2.55. The maximum atomic E-state index is 11.8. The van der Waals surface area contributed by atoms with Gasteiger partial charge < -0.3 is 10.1 Å². The highest BCUT2D eigenvalue weighted by molar-refractivity contribution is 5.95. The molecule has 2 rings (SSSR count). The lowest BCUT2D eigenvalue weighted by molar-refractivity contribution is -0.124. The Bertz CT molecular complexity index is 525. The van der Waals surface area contributed by atoms with Gasteiger partial charge in [-0.2, -0.15) is 5.10 Å². The Labute approximate surface area is 105 Å². The van der Waals surface area contributed by atoms with Crippen molar-refractivity contribution in [3.8, 4) is 5.69 Å². The van der Waals surface area contributed by atoms with Gasteiger partial charge in [0.2, 0.25) is 0 Å². The Morgan fingerprint density at radius 3 is 2.89 bits per heavy atom. The summed E-state index contributed by atoms with van der Waals surface area (Å²) in [6, 6.07) is 7.36. The molecule has 0 saturated carbocycles. The number of hydrogen-bond donors (Lipinski definition) is 1. The lowest BCUT2D eigenvalue weighted by Crippen LogP contribution is -2.27. The molecule has 1 aromatic carbocycles. The maximum Gasteiger partial charge on any atom is 0.253 e. The second-order valence-electron chi connectivity index (χ2n) is 3.72. The van der Waals surface area contributed by atoms with Gasteiger partial charge in [0.25, 0.3) is 5.91 Å². The first-order valence-electron chi connectivity index (χ1n) is 5.50. The summed E-state index contributed by atoms with van der Waals surface area (Å²) in [7, 11) is 1.49. The van der Waals surface area contributed by atoms with Crippen LogP contribution in [-0.2, 0) is 9.53 Å². The van der Waals surface area contributed by atoms with Gasteiger partial charge in [-0.25, -0.2) is 9.67 Å². The van der Waals surface area contributed by atoms with Gasteiger partial charge in [0.05, 0.1) is 11.4 Å². The predicted molar refractivity (Wildman–Crippen MR) is 66.5 cm³/mol. The molecule has 1 unspecified atom stereocenters. The van der Waals surface area contributed by atoms with Gasteiger partial charge in [0.15, 0.2) is 0 Å². The highest BCUT2D eigenvalue weighted by Gasteiger charge is 2.14. The Kier molecular flexibility index (Phi) is 3.69. The van der Waals surface area contributed by atoms with Gasteiger partial charge in [-0.05, 0) is 19.1 Å². The summed E-state index contributed by atoms with van der Waals surface area (Å²) in [5.74, 6) is -0.204. The zero-order valence-electron chi connectivity index (χ0n) is 10.2. The first kappa shape index (κ1) is 12.3. The molecule has 0 fully saturated rings. The molecule has 1 aromatic heterocycles. The van der Waals surface area contributed by atoms with Crippen LogP contribution in [0.1, 0.15) is 6.92 Å². The van der Waals surface area contributed by atoms with E-state index in [-0.39, 0.29) is 5.91 Å². The van der Waals surface area contributed by atoms with E-state index in [1.807, 2.05) is 18.2 Å². The van der Waals surface area contributed by atoms with Gasteiger partial charge in [0, 0.05) is 7.11 Å². The molecule has 6 heteroatoms. The maximum absolute atomic E-state index is 11.8. The quantitative estimate of drug-likeness (QED) is 0.881. The Balaban J connectivity index is 2.26. The zero-order chi connectivity index (χ0) is 13.0. The Morgan fingerprint density at radius 2 is 2.22 bits per heavy atom. The van der Waals surface area contributed by atoms with Crippen molar-refractivity contribution in [1.82, 2.24) is 14.8 Å². The van der Waals surface area contributed by atoms with Crippen molar-refractivity contribution >= 4 is 11.6 Å². The van der Waals surface area contributed by atoms with Crippen LogP contribution in [0.25, 0.3) is 5.69 Å². The number of anilines is 1. The van der Waals surface area contributed by atoms with E-state index in [9.17, 15) is 4.79 Å². The van der Waals surface area contributed by atoms with E-state index < -0.39 is 6.10 Å². The van der Waals surface area contributed by atoms with Crippen LogP contribution in [0.2, 0.25) is 0 Å². The fourth-order valence-corrected chi connectivity index (χ4v) is 1.45. The molecule has 94 valence electrons. The number of benzene rings is 1. The Hall–Kier alpha value is -2.21. The van der Waals surface area contributed by atoms with E-state index in [1.165, 1.54) is 13.4 Å². The molecule has 6 nitrogen and oxygen atoms in total. The molecule has 0 aliphatic heterocycles. The number of ether oxygens (including phenoxy) is 1. The molecular formula is C12H14N4O2. The highest BCUT2D eigenvalue weighted by Crippen LogP contribution is 2.18. The van der Waals surface area contributed by atoms with E-state index in [4.69, 9.17) is 4.74 Å². The number of amides is 1. The van der Waals surface area contributed by atoms with Crippen molar-refractivity contribution in [3.63, 3.8) is 0 Å². The van der Waals surface area contributed by atoms with Crippen molar-refractivity contribution < 1.29 is 9.53 Å². The standard InChI is InChI=1S/C12H14N4O2/c1-9(18-2)12(17)15-10-5-3-4-6-11(10)16-8-13-7-14-16/h3-9H,1-2H3,(H,15,17). The summed E-state index contributed by atoms with van der Waals surface area (Å²) in [5, 5.41) is 6.84. The first-order valence-corrected chi connectivity index (χ1v) is 5.50. The molecule has 2 aromatic rings. The molecule has 18 heavy (non-hydrogen) atoms. The lowest BCUT2D eigenvalue weighted by atomic mass is 10.2. The summed E-state index contributed by atoms with van der Waals surface area (Å²) in [6.07, 6.45) is 2.51. The Morgan fingerprint density at radius 1 is 1.44 bits per heavy atom. The van der Waals surface area contributed by atoms with Gasteiger partial charge >= 0.3 is 0 Å². The molecule has 0 spiro atoms. The number of nitrogens with one attached hydrogen (secondary N) is 1. The minimum Gasteiger partial charge on any atom is -0.372 e. The van der Waals surface area contributed by atoms with Crippen molar-refractivity contribution in [1.29, 1.82) is 0 Å². The molecule has 0 aliphatic carbocycles. The molecule has 1 atom stereocenters. The predicted octanol–water partition coefficient (Wildman–Crippen LogP) is 1.24. The normalized spacial score (nSPS) is 12.1. The van der Waals surface area contributed by atoms with Gasteiger partial charge in [-0.3, -0.25) is 4.79 Å². The second-order valence-corrected chi connectivity index (χ2v) is 3.72. The van der Waals surface area contributed by atoms with Crippen molar-refractivity contribution in [2.24, 2.45) is 0 Å². The molecule has 1 heterocycles. The summed E-state index contributed by atoms with van der Waals surface area (Å²) >= 11 is 0. The van der Waals surface area contributed by atoms with E-state index in [0.29, 0.717) is 5.69 Å². The van der Waals surface area contributed by atoms with E-state index in [0.717, 1.165) is 5.69 Å². The highest BCUT2D eigenvalue weighted by atomic mass is 16.5. The zero-order valence-corrected chi connectivity index (χ0v) is 10.2. The minimum atomic E-state index is -0.506. The third kappa shape index (κ3) is 2.54. The number of carbonyl (C=O) groups excluding carboxylic acids is 1. The van der Waals surface area contributed by atoms with Crippen LogP contribution < -0.4 is 5.32 Å². The SMILES string of the molecule is COC(C)C(=O)Nc1ccccc1-n1cncn1. The van der Waals surface area contributed by atoms with Crippen LogP contribution in [-0.4, -0.2) is 33.9 Å². The summed E-state index contributed by atoms with van der Waals surface area (Å²) in [4.78, 5) is 15.7. The topological polar surface area (TPSA) is 69.0 Å². The number of methoxy groups -OCH3 is 1. The fourth-order valence-electron chi connectivity index (χ4n) is 1.45. The number of carbonyl (C=O) groups is 1. The molecule has 0 bridgehead atoms. The molecule has 1 amide bonds. The molecule has 0 radical (unpaired) electrons. The summed E-state index contributed by atoms with van der Waals surface area (Å²) in [6.45, 7) is 1.69. The van der Waals surface area contributed by atoms with Crippen LogP contribution in [0.15, 0.2) is 36.9 Å². The number of hydrogen-bond acceptors (Lipinski definition) is 4. The summed E-state index contributed by atoms with van der Waals surface area (Å²) in [5.41, 5.74) is 1.42. The number of aromatic nitrogens is 3. The van der Waals surface area contributed by atoms with Gasteiger partial charge in [-0.1, -0.05) is 12.1 Å². The van der Waals surface area contributed by atoms with E-state index in [1.54, 1.807) is 24.0 Å². The average molecular weight is 246 g/mol. The molecular weight excluding hydrogens is 232 g/mol. The largest absolute Gasteiger partial charge is 0.372 e. The lowest BCUT2D eigenvalue weighted by Gasteiger charge is -2.13. The van der Waals surface area contributed by atoms with Crippen LogP contribution >= 0.6 is 0 Å². The number of nitrogens with zero attached hydrogens (tertiary/aromatic N) is 3. The van der Waals surface area contributed by atoms with Crippen LogP contribution in [0.3, 0.4) is 0 Å². The average Bonchev–Trinajstić information content (AvgIpc) is 2.92. The van der Waals surface area contributed by atoms with Crippen LogP contribution in [0.4, 0.5) is 5.69 Å². The third-order valence-corrected chi connectivity index (χ3v) is 2.55. The summed E-state index contributed by atoms with van der Waals surface area (Å²) < 4.78 is 6.56. The van der Waals surface area contributed by atoms with Crippen LogP contribution in [0, 0.1) is 0 Å². The van der Waals surface area contributed by atoms with Crippen molar-refractivity contribution in [3.05, 3.63) is 36.9 Å². The fraction of sp³-hybridized carbons (Fsp3) is 0.250. The first-order chi connectivity index (χ1) is 8.72. The van der Waals surface area contributed by atoms with E-state index >= 15 is 0 Å². The number of rotatable bonds is 4. The van der Waals surface area contributed by atoms with Crippen LogP contribution in [0.5, 0.6) is 0 Å². The second kappa shape index (κ2) is 5.42. The van der Waals surface area contributed by atoms with Gasteiger partial charge in [-0.15, -0.1) is 0 Å². The minimum absolute atomic E-state index is 0.204. The van der Waals surface area contributed by atoms with Gasteiger partial charge in [0.1, 0.15) is 18.8 Å². The van der Waals surface area contributed by atoms with E-state index in [2.05, 4.69) is 15.4 Å². The van der Waals surface area contributed by atoms with Crippen molar-refractivity contribution in [2.45, 2.75) is 13.0 Å². The van der Waals surface area contributed by atoms with Crippen molar-refractivity contribution in [2.75, 3.05) is 12.4 Å². The monoisotopic (exact) mass is 246 g/mol. The smallest absolute Gasteiger partial charge is 0.253 e. The molecule has 0 saturated heterocycles. The number of para-hydroxylation sites is 2.